The number of carbonyl (C=O) groups excluding carboxylic acids is 1. The van der Waals surface area contributed by atoms with E-state index in [0.717, 1.165) is 11.3 Å². The Bertz CT molecular complexity index is 756. The maximum absolute atomic E-state index is 12.5. The molecule has 1 heterocycles. The first kappa shape index (κ1) is 18.7. The van der Waals surface area contributed by atoms with Gasteiger partial charge in [0.1, 0.15) is 11.4 Å². The molecule has 0 aliphatic heterocycles. The number of ether oxygens (including phenoxy) is 2. The van der Waals surface area contributed by atoms with Gasteiger partial charge in [-0.25, -0.2) is 4.68 Å². The van der Waals surface area contributed by atoms with Crippen molar-refractivity contribution in [1.29, 1.82) is 0 Å². The Morgan fingerprint density at radius 3 is 2.56 bits per heavy atom. The molecule has 134 valence electrons. The van der Waals surface area contributed by atoms with Crippen molar-refractivity contribution in [1.82, 2.24) is 14.7 Å². The maximum atomic E-state index is 12.5. The Hall–Kier alpha value is -2.67. The summed E-state index contributed by atoms with van der Waals surface area (Å²) in [4.78, 5) is 25.9. The van der Waals surface area contributed by atoms with Crippen LogP contribution in [0.15, 0.2) is 41.2 Å². The van der Waals surface area contributed by atoms with E-state index in [1.165, 1.54) is 16.8 Å². The predicted octanol–water partition coefficient (Wildman–Crippen LogP) is 1.56. The smallest absolute Gasteiger partial charge is 0.274 e. The molecule has 0 bridgehead atoms. The fourth-order valence-corrected chi connectivity index (χ4v) is 2.30. The molecule has 2 rings (SSSR count). The van der Waals surface area contributed by atoms with E-state index < -0.39 is 0 Å². The van der Waals surface area contributed by atoms with Crippen molar-refractivity contribution in [2.75, 3.05) is 27.4 Å². The van der Waals surface area contributed by atoms with Gasteiger partial charge in [-0.1, -0.05) is 12.1 Å². The van der Waals surface area contributed by atoms with E-state index in [4.69, 9.17) is 9.47 Å². The predicted molar refractivity (Wildman–Crippen MR) is 93.8 cm³/mol. The van der Waals surface area contributed by atoms with E-state index in [9.17, 15) is 9.59 Å². The lowest BCUT2D eigenvalue weighted by molar-refractivity contribution is 0.0775. The van der Waals surface area contributed by atoms with Crippen LogP contribution >= 0.6 is 0 Å². The highest BCUT2D eigenvalue weighted by Crippen LogP contribution is 2.14. The number of amides is 1. The van der Waals surface area contributed by atoms with E-state index in [2.05, 4.69) is 5.10 Å². The molecule has 0 N–H and O–H groups in total. The Kier molecular flexibility index (Phi) is 6.71. The first-order valence-corrected chi connectivity index (χ1v) is 8.09. The largest absolute Gasteiger partial charge is 0.494 e. The SMILES string of the molecule is CCOc1ccc(CN(C)C(=O)c2ccc(=O)n(CCOC)n2)cc1. The number of hydrogen-bond acceptors (Lipinski definition) is 5. The monoisotopic (exact) mass is 345 g/mol. The van der Waals surface area contributed by atoms with E-state index in [1.807, 2.05) is 31.2 Å². The Morgan fingerprint density at radius 1 is 1.20 bits per heavy atom. The zero-order valence-electron chi connectivity index (χ0n) is 14.8. The maximum Gasteiger partial charge on any atom is 0.274 e. The molecule has 0 fully saturated rings. The van der Waals surface area contributed by atoms with Gasteiger partial charge in [0, 0.05) is 26.8 Å². The van der Waals surface area contributed by atoms with Crippen LogP contribution in [0, 0.1) is 0 Å². The van der Waals surface area contributed by atoms with Crippen LogP contribution in [-0.4, -0.2) is 48.0 Å². The minimum atomic E-state index is -0.261. The van der Waals surface area contributed by atoms with Gasteiger partial charge in [-0.3, -0.25) is 9.59 Å². The summed E-state index contributed by atoms with van der Waals surface area (Å²) < 4.78 is 11.6. The summed E-state index contributed by atoms with van der Waals surface area (Å²) in [7, 11) is 3.25. The van der Waals surface area contributed by atoms with E-state index in [0.29, 0.717) is 26.3 Å². The van der Waals surface area contributed by atoms with Gasteiger partial charge in [-0.2, -0.15) is 5.10 Å². The number of carbonyl (C=O) groups is 1. The number of benzene rings is 1. The highest BCUT2D eigenvalue weighted by atomic mass is 16.5. The number of rotatable bonds is 8. The van der Waals surface area contributed by atoms with Crippen molar-refractivity contribution < 1.29 is 14.3 Å². The third-order valence-corrected chi connectivity index (χ3v) is 3.59. The molecule has 1 amide bonds. The molecule has 0 unspecified atom stereocenters. The molecule has 0 aliphatic carbocycles. The van der Waals surface area contributed by atoms with Gasteiger partial charge in [-0.15, -0.1) is 0 Å². The molecule has 0 atom stereocenters. The number of methoxy groups -OCH3 is 1. The van der Waals surface area contributed by atoms with Gasteiger partial charge < -0.3 is 14.4 Å². The van der Waals surface area contributed by atoms with Crippen LogP contribution < -0.4 is 10.3 Å². The number of nitrogens with zero attached hydrogens (tertiary/aromatic N) is 3. The number of aromatic nitrogens is 2. The van der Waals surface area contributed by atoms with Crippen molar-refractivity contribution in [3.63, 3.8) is 0 Å². The topological polar surface area (TPSA) is 73.7 Å². The molecule has 0 aliphatic rings. The van der Waals surface area contributed by atoms with Crippen molar-refractivity contribution in [2.24, 2.45) is 0 Å². The molecule has 1 aromatic carbocycles. The van der Waals surface area contributed by atoms with Crippen LogP contribution in [0.5, 0.6) is 5.75 Å². The average molecular weight is 345 g/mol. The summed E-state index contributed by atoms with van der Waals surface area (Å²) in [5.41, 5.74) is 0.943. The fourth-order valence-electron chi connectivity index (χ4n) is 2.30. The van der Waals surface area contributed by atoms with E-state index in [1.54, 1.807) is 19.1 Å². The van der Waals surface area contributed by atoms with Gasteiger partial charge in [0.2, 0.25) is 0 Å². The number of hydrogen-bond donors (Lipinski definition) is 0. The van der Waals surface area contributed by atoms with Crippen LogP contribution in [0.1, 0.15) is 23.0 Å². The molecule has 2 aromatic rings. The normalized spacial score (nSPS) is 10.5. The van der Waals surface area contributed by atoms with Crippen molar-refractivity contribution in [3.05, 3.63) is 58.0 Å². The van der Waals surface area contributed by atoms with Crippen LogP contribution in [0.2, 0.25) is 0 Å². The first-order valence-electron chi connectivity index (χ1n) is 8.09. The zero-order chi connectivity index (χ0) is 18.2. The molecular weight excluding hydrogens is 322 g/mol. The molecule has 0 spiro atoms. The second-order valence-corrected chi connectivity index (χ2v) is 5.51. The van der Waals surface area contributed by atoms with Crippen LogP contribution in [0.3, 0.4) is 0 Å². The second-order valence-electron chi connectivity index (χ2n) is 5.51. The highest BCUT2D eigenvalue weighted by Gasteiger charge is 2.15. The van der Waals surface area contributed by atoms with Gasteiger partial charge >= 0.3 is 0 Å². The Labute approximate surface area is 146 Å². The van der Waals surface area contributed by atoms with Crippen molar-refractivity contribution >= 4 is 5.91 Å². The fraction of sp³-hybridized carbons (Fsp3) is 0.389. The quantitative estimate of drug-likeness (QED) is 0.726. The summed E-state index contributed by atoms with van der Waals surface area (Å²) in [5.74, 6) is 0.548. The lowest BCUT2D eigenvalue weighted by Gasteiger charge is -2.17. The third-order valence-electron chi connectivity index (χ3n) is 3.59. The summed E-state index contributed by atoms with van der Waals surface area (Å²) in [6.45, 7) is 3.64. The Morgan fingerprint density at radius 2 is 1.92 bits per heavy atom. The van der Waals surface area contributed by atoms with Gasteiger partial charge in [-0.05, 0) is 30.7 Å². The molecule has 7 heteroatoms. The van der Waals surface area contributed by atoms with E-state index in [-0.39, 0.29) is 17.2 Å². The minimum absolute atomic E-state index is 0.226. The van der Waals surface area contributed by atoms with Gasteiger partial charge in [0.05, 0.1) is 19.8 Å². The average Bonchev–Trinajstić information content (AvgIpc) is 2.62. The third kappa shape index (κ3) is 5.15. The standard InChI is InChI=1S/C18H23N3O4/c1-4-25-15-7-5-14(6-8-15)13-20(2)18(23)16-9-10-17(22)21(19-16)11-12-24-3/h5-10H,4,11-13H2,1-3H3. The van der Waals surface area contributed by atoms with Crippen LogP contribution in [-0.2, 0) is 17.8 Å². The first-order chi connectivity index (χ1) is 12.0. The molecule has 1 aromatic heterocycles. The Balaban J connectivity index is 2.07. The second kappa shape index (κ2) is 8.98. The lowest BCUT2D eigenvalue weighted by atomic mass is 10.2. The molecule has 0 saturated carbocycles. The highest BCUT2D eigenvalue weighted by molar-refractivity contribution is 5.91. The van der Waals surface area contributed by atoms with E-state index >= 15 is 0 Å². The lowest BCUT2D eigenvalue weighted by Crippen LogP contribution is -2.31. The molecule has 0 radical (unpaired) electrons. The van der Waals surface area contributed by atoms with Crippen LogP contribution in [0.4, 0.5) is 0 Å². The van der Waals surface area contributed by atoms with Crippen molar-refractivity contribution in [3.8, 4) is 5.75 Å². The summed E-state index contributed by atoms with van der Waals surface area (Å²) in [6, 6.07) is 10.4. The molecule has 25 heavy (non-hydrogen) atoms. The van der Waals surface area contributed by atoms with Crippen LogP contribution in [0.25, 0.3) is 0 Å². The summed E-state index contributed by atoms with van der Waals surface area (Å²) >= 11 is 0. The molecular formula is C18H23N3O4. The summed E-state index contributed by atoms with van der Waals surface area (Å²) in [6.07, 6.45) is 0. The molecule has 0 saturated heterocycles. The van der Waals surface area contributed by atoms with Gasteiger partial charge in [0.25, 0.3) is 11.5 Å². The van der Waals surface area contributed by atoms with Gasteiger partial charge in [0.15, 0.2) is 0 Å². The molecule has 7 nitrogen and oxygen atoms in total. The minimum Gasteiger partial charge on any atom is -0.494 e. The summed E-state index contributed by atoms with van der Waals surface area (Å²) in [5, 5.41) is 4.12. The zero-order valence-corrected chi connectivity index (χ0v) is 14.8. The van der Waals surface area contributed by atoms with Crippen molar-refractivity contribution in [2.45, 2.75) is 20.0 Å².